The molecule has 0 aromatic heterocycles. The summed E-state index contributed by atoms with van der Waals surface area (Å²) in [6.07, 6.45) is 0. The van der Waals surface area contributed by atoms with Crippen molar-refractivity contribution in [3.63, 3.8) is 0 Å². The maximum atomic E-state index is 12.4. The molecule has 1 fully saturated rings. The van der Waals surface area contributed by atoms with Crippen molar-refractivity contribution >= 4 is 25.5 Å². The zero-order valence-corrected chi connectivity index (χ0v) is 17.6. The first kappa shape index (κ1) is 20.3. The van der Waals surface area contributed by atoms with E-state index >= 15 is 0 Å². The summed E-state index contributed by atoms with van der Waals surface area (Å²) in [5.41, 5.74) is 2.33. The van der Waals surface area contributed by atoms with Gasteiger partial charge in [0.25, 0.3) is 0 Å². The highest BCUT2D eigenvalue weighted by Gasteiger charge is 2.51. The van der Waals surface area contributed by atoms with Crippen LogP contribution in [-0.2, 0) is 22.9 Å². The molecule has 0 amide bonds. The Morgan fingerprint density at radius 3 is 1.59 bits per heavy atom. The van der Waals surface area contributed by atoms with E-state index in [-0.39, 0.29) is 18.3 Å². The average molecular weight is 388 g/mol. The van der Waals surface area contributed by atoms with Gasteiger partial charge in [-0.25, -0.2) is 0 Å². The Bertz CT molecular complexity index is 822. The highest BCUT2D eigenvalue weighted by atomic mass is 31.2. The average Bonchev–Trinajstić information content (AvgIpc) is 2.89. The number of hydrogen-bond acceptors (Lipinski definition) is 5. The number of benzene rings is 2. The molecule has 1 heterocycles. The second-order valence-corrected chi connectivity index (χ2v) is 9.86. The van der Waals surface area contributed by atoms with Crippen molar-refractivity contribution < 1.29 is 22.9 Å². The van der Waals surface area contributed by atoms with Crippen LogP contribution in [0.3, 0.4) is 0 Å². The van der Waals surface area contributed by atoms with E-state index in [1.54, 1.807) is 12.1 Å². The molecular formula is C20H26BO5P. The van der Waals surface area contributed by atoms with Gasteiger partial charge in [-0.2, -0.15) is 0 Å². The van der Waals surface area contributed by atoms with E-state index in [4.69, 9.17) is 18.4 Å². The predicted molar refractivity (Wildman–Crippen MR) is 109 cm³/mol. The molecule has 0 spiro atoms. The highest BCUT2D eigenvalue weighted by Crippen LogP contribution is 2.45. The zero-order chi connectivity index (χ0) is 19.9. The van der Waals surface area contributed by atoms with Crippen molar-refractivity contribution in [1.82, 2.24) is 0 Å². The molecule has 0 radical (unpaired) electrons. The lowest BCUT2D eigenvalue weighted by Crippen LogP contribution is -2.41. The number of hydrogen-bond donors (Lipinski definition) is 0. The summed E-state index contributed by atoms with van der Waals surface area (Å²) in [4.78, 5) is 0. The van der Waals surface area contributed by atoms with Crippen molar-refractivity contribution in [2.75, 3.05) is 14.2 Å². The van der Waals surface area contributed by atoms with Crippen LogP contribution >= 0.6 is 7.60 Å². The van der Waals surface area contributed by atoms with Crippen molar-refractivity contribution in [2.45, 2.75) is 38.9 Å². The Hall–Kier alpha value is -1.43. The predicted octanol–water partition coefficient (Wildman–Crippen LogP) is 3.76. The molecule has 0 unspecified atom stereocenters. The van der Waals surface area contributed by atoms with Crippen LogP contribution in [-0.4, -0.2) is 32.5 Å². The van der Waals surface area contributed by atoms with Gasteiger partial charge in [-0.15, -0.1) is 0 Å². The quantitative estimate of drug-likeness (QED) is 0.577. The fourth-order valence-electron chi connectivity index (χ4n) is 2.93. The van der Waals surface area contributed by atoms with Crippen molar-refractivity contribution in [3.05, 3.63) is 48.5 Å². The van der Waals surface area contributed by atoms with E-state index < -0.39 is 7.60 Å². The van der Waals surface area contributed by atoms with Gasteiger partial charge in [-0.05, 0) is 56.4 Å². The summed E-state index contributed by atoms with van der Waals surface area (Å²) in [6, 6.07) is 15.4. The second kappa shape index (κ2) is 7.19. The standard InChI is InChI=1S/C20H26BO5P/c1-19(2)20(3,4)26-21(25-19)17-11-7-15(8-12-17)16-9-13-18(14-10-16)27(22,23-5)24-6/h7-14H,1-6H3. The Morgan fingerprint density at radius 1 is 0.778 bits per heavy atom. The molecule has 0 N–H and O–H groups in total. The summed E-state index contributed by atoms with van der Waals surface area (Å²) in [6.45, 7) is 8.17. The highest BCUT2D eigenvalue weighted by molar-refractivity contribution is 7.62. The smallest absolute Gasteiger partial charge is 0.399 e. The lowest BCUT2D eigenvalue weighted by molar-refractivity contribution is 0.00578. The molecule has 27 heavy (non-hydrogen) atoms. The third-order valence-corrected chi connectivity index (χ3v) is 7.33. The van der Waals surface area contributed by atoms with E-state index in [9.17, 15) is 4.57 Å². The molecule has 2 aromatic carbocycles. The van der Waals surface area contributed by atoms with Gasteiger partial charge in [0, 0.05) is 14.2 Å². The van der Waals surface area contributed by atoms with Gasteiger partial charge in [0.2, 0.25) is 0 Å². The van der Waals surface area contributed by atoms with Crippen LogP contribution in [0.2, 0.25) is 0 Å². The third kappa shape index (κ3) is 3.78. The Morgan fingerprint density at radius 2 is 1.19 bits per heavy atom. The molecule has 5 nitrogen and oxygen atoms in total. The first-order chi connectivity index (χ1) is 12.6. The van der Waals surface area contributed by atoms with Gasteiger partial charge >= 0.3 is 14.7 Å². The lowest BCUT2D eigenvalue weighted by Gasteiger charge is -2.32. The van der Waals surface area contributed by atoms with Crippen molar-refractivity contribution in [1.29, 1.82) is 0 Å². The van der Waals surface area contributed by atoms with E-state index in [0.717, 1.165) is 16.6 Å². The van der Waals surface area contributed by atoms with Gasteiger partial charge in [0.05, 0.1) is 16.5 Å². The Balaban J connectivity index is 1.79. The molecule has 1 saturated heterocycles. The third-order valence-electron chi connectivity index (χ3n) is 5.43. The fraction of sp³-hybridized carbons (Fsp3) is 0.400. The normalized spacial score (nSPS) is 18.7. The Kier molecular flexibility index (Phi) is 5.41. The topological polar surface area (TPSA) is 54.0 Å². The van der Waals surface area contributed by atoms with Crippen LogP contribution in [0.4, 0.5) is 0 Å². The minimum atomic E-state index is -3.23. The molecule has 2 aromatic rings. The van der Waals surface area contributed by atoms with Crippen LogP contribution in [0, 0.1) is 0 Å². The summed E-state index contributed by atoms with van der Waals surface area (Å²) in [7, 11) is -0.836. The zero-order valence-electron chi connectivity index (χ0n) is 16.7. The largest absolute Gasteiger partial charge is 0.494 e. The number of rotatable bonds is 5. The van der Waals surface area contributed by atoms with Gasteiger partial charge in [-0.3, -0.25) is 4.57 Å². The maximum absolute atomic E-state index is 12.4. The molecule has 0 atom stereocenters. The molecular weight excluding hydrogens is 362 g/mol. The van der Waals surface area contributed by atoms with Gasteiger partial charge in [0.1, 0.15) is 0 Å². The van der Waals surface area contributed by atoms with Crippen molar-refractivity contribution in [3.8, 4) is 11.1 Å². The first-order valence-electron chi connectivity index (χ1n) is 8.90. The molecule has 0 bridgehead atoms. The second-order valence-electron chi connectivity index (χ2n) is 7.62. The molecule has 1 aliphatic rings. The summed E-state index contributed by atoms with van der Waals surface area (Å²) in [5, 5.41) is 0.532. The minimum absolute atomic E-state index is 0.358. The molecule has 0 aliphatic carbocycles. The summed E-state index contributed by atoms with van der Waals surface area (Å²) in [5.74, 6) is 0. The summed E-state index contributed by atoms with van der Waals surface area (Å²) >= 11 is 0. The lowest BCUT2D eigenvalue weighted by atomic mass is 9.78. The van der Waals surface area contributed by atoms with Crippen molar-refractivity contribution in [2.24, 2.45) is 0 Å². The maximum Gasteiger partial charge on any atom is 0.494 e. The van der Waals surface area contributed by atoms with Crippen LogP contribution in [0.15, 0.2) is 48.5 Å². The SMILES string of the molecule is COP(=O)(OC)c1ccc(-c2ccc(B3OC(C)(C)C(C)(C)O3)cc2)cc1. The molecule has 7 heteroatoms. The van der Waals surface area contributed by atoms with E-state index in [0.29, 0.717) is 5.30 Å². The summed E-state index contributed by atoms with van der Waals surface area (Å²) < 4.78 is 34.7. The van der Waals surface area contributed by atoms with Crippen LogP contribution in [0.5, 0.6) is 0 Å². The monoisotopic (exact) mass is 388 g/mol. The molecule has 1 aliphatic heterocycles. The van der Waals surface area contributed by atoms with Crippen LogP contribution in [0.25, 0.3) is 11.1 Å². The van der Waals surface area contributed by atoms with Gasteiger partial charge in [-0.1, -0.05) is 36.4 Å². The van der Waals surface area contributed by atoms with Crippen LogP contribution < -0.4 is 10.8 Å². The van der Waals surface area contributed by atoms with E-state index in [1.165, 1.54) is 14.2 Å². The molecule has 0 saturated carbocycles. The van der Waals surface area contributed by atoms with Gasteiger partial charge in [0.15, 0.2) is 0 Å². The minimum Gasteiger partial charge on any atom is -0.399 e. The fourth-order valence-corrected chi connectivity index (χ4v) is 4.02. The van der Waals surface area contributed by atoms with Crippen LogP contribution in [0.1, 0.15) is 27.7 Å². The molecule has 144 valence electrons. The van der Waals surface area contributed by atoms with E-state index in [2.05, 4.69) is 0 Å². The van der Waals surface area contributed by atoms with E-state index in [1.807, 2.05) is 64.1 Å². The Labute approximate surface area is 161 Å². The molecule has 3 rings (SSSR count). The first-order valence-corrected chi connectivity index (χ1v) is 10.4. The van der Waals surface area contributed by atoms with Gasteiger partial charge < -0.3 is 18.4 Å².